The molecule has 0 aliphatic rings. The maximum Gasteiger partial charge on any atom is 0.269 e. The van der Waals surface area contributed by atoms with Gasteiger partial charge in [-0.1, -0.05) is 30.3 Å². The van der Waals surface area contributed by atoms with Crippen LogP contribution in [0.15, 0.2) is 78.9 Å². The number of benzene rings is 3. The Balaban J connectivity index is 1.82. The van der Waals surface area contributed by atoms with Crippen LogP contribution < -0.4 is 10.5 Å². The van der Waals surface area contributed by atoms with E-state index >= 15 is 0 Å². The molecule has 3 aromatic carbocycles. The zero-order valence-electron chi connectivity index (χ0n) is 19.5. The number of methoxy groups -OCH3 is 1. The highest BCUT2D eigenvalue weighted by Crippen LogP contribution is 2.36. The Hall–Kier alpha value is -4.63. The summed E-state index contributed by atoms with van der Waals surface area (Å²) in [6.45, 7) is 1.99. The number of fused-ring (bicyclic) bond motifs is 1. The topological polar surface area (TPSA) is 109 Å². The molecule has 0 amide bonds. The van der Waals surface area contributed by atoms with Crippen LogP contribution in [-0.4, -0.2) is 26.6 Å². The van der Waals surface area contributed by atoms with Gasteiger partial charge in [0, 0.05) is 17.7 Å². The Bertz CT molecular complexity index is 1680. The molecule has 5 rings (SSSR count). The van der Waals surface area contributed by atoms with Crippen LogP contribution in [0.4, 0.5) is 11.5 Å². The molecule has 0 aliphatic carbocycles. The predicted molar refractivity (Wildman–Crippen MR) is 143 cm³/mol. The molecule has 5 aromatic rings. The molecule has 2 N–H and O–H groups in total. The second kappa shape index (κ2) is 9.20. The van der Waals surface area contributed by atoms with Gasteiger partial charge in [-0.3, -0.25) is 14.7 Å². The first-order valence-electron chi connectivity index (χ1n) is 11.1. The third-order valence-corrected chi connectivity index (χ3v) is 6.30. The van der Waals surface area contributed by atoms with Gasteiger partial charge >= 0.3 is 0 Å². The number of nitro groups is 1. The van der Waals surface area contributed by atoms with E-state index in [0.29, 0.717) is 28.1 Å². The molecule has 0 atom stereocenters. The van der Waals surface area contributed by atoms with Crippen LogP contribution in [0, 0.1) is 21.8 Å². The molecule has 2 aromatic heterocycles. The van der Waals surface area contributed by atoms with Crippen molar-refractivity contribution in [3.8, 4) is 33.8 Å². The van der Waals surface area contributed by atoms with Crippen molar-refractivity contribution < 1.29 is 9.66 Å². The van der Waals surface area contributed by atoms with E-state index in [4.69, 9.17) is 27.7 Å². The fourth-order valence-corrected chi connectivity index (χ4v) is 4.45. The minimum absolute atomic E-state index is 0.00408. The molecule has 0 saturated heterocycles. The number of nitrogens with zero attached hydrogens (tertiary/aromatic N) is 4. The van der Waals surface area contributed by atoms with E-state index in [2.05, 4.69) is 4.98 Å². The SMILES string of the molecule is COc1ccc(-c2cc(-c3ccc([N+](=O)[O-])cc3)nc3nc(=S)n(-c4ccccc4C)c(N)c23)cc1. The van der Waals surface area contributed by atoms with Gasteiger partial charge in [0.25, 0.3) is 5.69 Å². The van der Waals surface area contributed by atoms with Crippen LogP contribution in [-0.2, 0) is 0 Å². The van der Waals surface area contributed by atoms with Crippen LogP contribution in [0.1, 0.15) is 5.56 Å². The summed E-state index contributed by atoms with van der Waals surface area (Å²) in [5, 5.41) is 11.8. The number of non-ortho nitro benzene ring substituents is 1. The second-order valence-electron chi connectivity index (χ2n) is 8.19. The minimum atomic E-state index is -0.434. The number of nitrogen functional groups attached to an aromatic ring is 1. The zero-order chi connectivity index (χ0) is 25.4. The van der Waals surface area contributed by atoms with Crippen molar-refractivity contribution in [3.63, 3.8) is 0 Å². The highest BCUT2D eigenvalue weighted by Gasteiger charge is 2.18. The third-order valence-electron chi connectivity index (χ3n) is 6.02. The van der Waals surface area contributed by atoms with E-state index in [1.807, 2.05) is 61.5 Å². The summed E-state index contributed by atoms with van der Waals surface area (Å²) in [6.07, 6.45) is 0. The average molecular weight is 496 g/mol. The molecular weight excluding hydrogens is 474 g/mol. The van der Waals surface area contributed by atoms with Crippen molar-refractivity contribution in [1.82, 2.24) is 14.5 Å². The van der Waals surface area contributed by atoms with E-state index in [-0.39, 0.29) is 10.5 Å². The molecule has 0 unspecified atom stereocenters. The summed E-state index contributed by atoms with van der Waals surface area (Å²) in [7, 11) is 1.61. The normalized spacial score (nSPS) is 10.9. The quantitative estimate of drug-likeness (QED) is 0.173. The molecule has 0 spiro atoms. The molecule has 0 aliphatic heterocycles. The van der Waals surface area contributed by atoms with E-state index < -0.39 is 4.92 Å². The second-order valence-corrected chi connectivity index (χ2v) is 8.55. The van der Waals surface area contributed by atoms with Gasteiger partial charge in [-0.25, -0.2) is 4.98 Å². The minimum Gasteiger partial charge on any atom is -0.497 e. The number of nitrogens with two attached hydrogens (primary N) is 1. The summed E-state index contributed by atoms with van der Waals surface area (Å²) in [4.78, 5) is 20.1. The van der Waals surface area contributed by atoms with Crippen molar-refractivity contribution >= 4 is 34.8 Å². The van der Waals surface area contributed by atoms with Crippen molar-refractivity contribution in [2.45, 2.75) is 6.92 Å². The third kappa shape index (κ3) is 4.05. The van der Waals surface area contributed by atoms with Gasteiger partial charge in [0.05, 0.1) is 28.8 Å². The van der Waals surface area contributed by atoms with Crippen molar-refractivity contribution in [2.75, 3.05) is 12.8 Å². The molecule has 0 fully saturated rings. The molecule has 8 nitrogen and oxygen atoms in total. The zero-order valence-corrected chi connectivity index (χ0v) is 20.3. The number of aromatic nitrogens is 3. The van der Waals surface area contributed by atoms with Gasteiger partial charge in [0.1, 0.15) is 11.6 Å². The lowest BCUT2D eigenvalue weighted by atomic mass is 9.99. The molecular formula is C27H21N5O3S. The van der Waals surface area contributed by atoms with Gasteiger partial charge in [-0.2, -0.15) is 4.98 Å². The number of rotatable bonds is 5. The van der Waals surface area contributed by atoms with Crippen LogP contribution in [0.5, 0.6) is 5.75 Å². The lowest BCUT2D eigenvalue weighted by Crippen LogP contribution is -2.10. The van der Waals surface area contributed by atoms with Gasteiger partial charge in [-0.15, -0.1) is 0 Å². The van der Waals surface area contributed by atoms with Gasteiger partial charge in [0.2, 0.25) is 4.77 Å². The van der Waals surface area contributed by atoms with Gasteiger partial charge in [0.15, 0.2) is 5.65 Å². The maximum absolute atomic E-state index is 11.1. The molecule has 0 radical (unpaired) electrons. The van der Waals surface area contributed by atoms with E-state index in [9.17, 15) is 10.1 Å². The van der Waals surface area contributed by atoms with Crippen LogP contribution in [0.2, 0.25) is 0 Å². The smallest absolute Gasteiger partial charge is 0.269 e. The summed E-state index contributed by atoms with van der Waals surface area (Å²) in [6, 6.07) is 23.6. The first-order chi connectivity index (χ1) is 17.4. The fraction of sp³-hybridized carbons (Fsp3) is 0.0741. The van der Waals surface area contributed by atoms with Crippen molar-refractivity contribution in [3.05, 3.63) is 99.3 Å². The number of ether oxygens (including phenoxy) is 1. The molecule has 9 heteroatoms. The lowest BCUT2D eigenvalue weighted by molar-refractivity contribution is -0.384. The van der Waals surface area contributed by atoms with Crippen molar-refractivity contribution in [2.24, 2.45) is 0 Å². The summed E-state index contributed by atoms with van der Waals surface area (Å²) >= 11 is 5.65. The average Bonchev–Trinajstić information content (AvgIpc) is 2.89. The van der Waals surface area contributed by atoms with E-state index in [1.165, 1.54) is 12.1 Å². The molecule has 178 valence electrons. The summed E-state index contributed by atoms with van der Waals surface area (Å²) in [5.41, 5.74) is 12.0. The summed E-state index contributed by atoms with van der Waals surface area (Å²) in [5.74, 6) is 1.15. The Morgan fingerprint density at radius 1 is 0.972 bits per heavy atom. The molecule has 2 heterocycles. The number of anilines is 1. The Morgan fingerprint density at radius 2 is 1.64 bits per heavy atom. The van der Waals surface area contributed by atoms with Gasteiger partial charge < -0.3 is 10.5 Å². The van der Waals surface area contributed by atoms with Crippen molar-refractivity contribution in [1.29, 1.82) is 0 Å². The van der Waals surface area contributed by atoms with E-state index in [1.54, 1.807) is 23.8 Å². The maximum atomic E-state index is 11.1. The predicted octanol–water partition coefficient (Wildman–Crippen LogP) is 6.29. The van der Waals surface area contributed by atoms with Crippen LogP contribution >= 0.6 is 12.2 Å². The van der Waals surface area contributed by atoms with E-state index in [0.717, 1.165) is 28.1 Å². The fourth-order valence-electron chi connectivity index (χ4n) is 4.17. The molecule has 0 saturated carbocycles. The lowest BCUT2D eigenvalue weighted by Gasteiger charge is -2.18. The number of hydrogen-bond donors (Lipinski definition) is 1. The Morgan fingerprint density at radius 3 is 2.28 bits per heavy atom. The standard InChI is InChI=1S/C27H21N5O3S/c1-16-5-3-4-6-23(16)31-25(28)24-21(17-9-13-20(35-2)14-10-17)15-22(29-26(24)30-27(31)36)18-7-11-19(12-8-18)32(33)34/h3-15H,28H2,1-2H3. The first kappa shape index (κ1) is 23.1. The Labute approximate surface area is 211 Å². The number of aryl methyl sites for hydroxylation is 1. The number of pyridine rings is 1. The Kier molecular flexibility index (Phi) is 5.91. The number of hydrogen-bond acceptors (Lipinski definition) is 7. The number of para-hydroxylation sites is 1. The van der Waals surface area contributed by atoms with Gasteiger partial charge in [-0.05, 0) is 72.2 Å². The molecule has 0 bridgehead atoms. The monoisotopic (exact) mass is 495 g/mol. The summed E-state index contributed by atoms with van der Waals surface area (Å²) < 4.78 is 7.36. The first-order valence-corrected chi connectivity index (χ1v) is 11.5. The van der Waals surface area contributed by atoms with Crippen LogP contribution in [0.25, 0.3) is 39.1 Å². The molecule has 36 heavy (non-hydrogen) atoms. The highest BCUT2D eigenvalue weighted by atomic mass is 32.1. The number of nitro benzene ring substituents is 1. The highest BCUT2D eigenvalue weighted by molar-refractivity contribution is 7.71. The van der Waals surface area contributed by atoms with Crippen LogP contribution in [0.3, 0.4) is 0 Å². The largest absolute Gasteiger partial charge is 0.497 e.